The van der Waals surface area contributed by atoms with Crippen LogP contribution in [0.15, 0.2) is 0 Å². The van der Waals surface area contributed by atoms with Crippen molar-refractivity contribution in [1.29, 1.82) is 0 Å². The van der Waals surface area contributed by atoms with E-state index in [9.17, 15) is 9.90 Å². The molecule has 0 heterocycles. The molecule has 4 aliphatic carbocycles. The number of carbonyl (C=O) groups is 1. The maximum atomic E-state index is 11.5. The second-order valence-electron chi connectivity index (χ2n) is 11.1. The molecular formula is C24H40O3. The van der Waals surface area contributed by atoms with Crippen molar-refractivity contribution < 1.29 is 15.0 Å². The molecule has 0 radical (unpaired) electrons. The van der Waals surface area contributed by atoms with Crippen molar-refractivity contribution in [3.63, 3.8) is 0 Å². The summed E-state index contributed by atoms with van der Waals surface area (Å²) < 4.78 is 0. The van der Waals surface area contributed by atoms with Crippen LogP contribution in [-0.2, 0) is 4.79 Å². The number of carboxylic acid groups (broad SMARTS) is 1. The Morgan fingerprint density at radius 1 is 1.07 bits per heavy atom. The maximum Gasteiger partial charge on any atom is 0.303 e. The summed E-state index contributed by atoms with van der Waals surface area (Å²) in [4.78, 5) is 11.1. The fourth-order valence-corrected chi connectivity index (χ4v) is 8.77. The third kappa shape index (κ3) is 2.98. The summed E-state index contributed by atoms with van der Waals surface area (Å²) in [5.74, 6) is 3.21. The zero-order valence-electron chi connectivity index (χ0n) is 17.6. The highest BCUT2D eigenvalue weighted by Gasteiger charge is 2.63. The molecule has 27 heavy (non-hydrogen) atoms. The Morgan fingerprint density at radius 3 is 2.59 bits per heavy atom. The van der Waals surface area contributed by atoms with Crippen LogP contribution in [0.5, 0.6) is 0 Å². The van der Waals surface area contributed by atoms with E-state index in [1.54, 1.807) is 0 Å². The lowest BCUT2D eigenvalue weighted by molar-refractivity contribution is -0.168. The minimum absolute atomic E-state index is 0.00303. The maximum absolute atomic E-state index is 11.5. The predicted molar refractivity (Wildman–Crippen MR) is 107 cm³/mol. The molecule has 0 aromatic heterocycles. The molecule has 3 nitrogen and oxygen atoms in total. The number of hydrogen-bond donors (Lipinski definition) is 2. The van der Waals surface area contributed by atoms with Crippen LogP contribution in [0.4, 0.5) is 0 Å². The topological polar surface area (TPSA) is 57.5 Å². The van der Waals surface area contributed by atoms with E-state index in [2.05, 4.69) is 20.8 Å². The van der Waals surface area contributed by atoms with Gasteiger partial charge in [0.1, 0.15) is 0 Å². The van der Waals surface area contributed by atoms with Gasteiger partial charge in [0.15, 0.2) is 0 Å². The lowest BCUT2D eigenvalue weighted by Crippen LogP contribution is -2.58. The number of aliphatic hydroxyl groups excluding tert-OH is 1. The number of rotatable bonds is 4. The first kappa shape index (κ1) is 19.7. The minimum Gasteiger partial charge on any atom is -0.481 e. The summed E-state index contributed by atoms with van der Waals surface area (Å²) in [5.41, 5.74) is 0.452. The molecule has 0 aliphatic heterocycles. The summed E-state index contributed by atoms with van der Waals surface area (Å²) in [7, 11) is 0. The molecule has 4 rings (SSSR count). The first-order valence-corrected chi connectivity index (χ1v) is 11.7. The van der Waals surface area contributed by atoms with Crippen molar-refractivity contribution in [2.75, 3.05) is 0 Å². The SMILES string of the molecule is C[C@H](CCC(=O)O)C1CCC2C3CCC4CCCC[C@]4(C)C3C[C@H](O)[C@@]21C. The zero-order valence-corrected chi connectivity index (χ0v) is 17.6. The summed E-state index contributed by atoms with van der Waals surface area (Å²) in [5, 5.41) is 20.6. The third-order valence-corrected chi connectivity index (χ3v) is 10.3. The molecule has 3 heteroatoms. The summed E-state index contributed by atoms with van der Waals surface area (Å²) in [6.07, 6.45) is 12.6. The standard InChI is InChI=1S/C24H40O3/c1-15(7-12-22(26)27)18-10-11-19-17-9-8-16-6-4-5-13-23(16,2)20(17)14-21(25)24(18,19)3/h15-21,25H,4-14H2,1-3H3,(H,26,27)/t15-,16?,17?,18?,19?,20?,21+,23+,24-/m1/s1. The highest BCUT2D eigenvalue weighted by atomic mass is 16.4. The first-order valence-electron chi connectivity index (χ1n) is 11.7. The van der Waals surface area contributed by atoms with Crippen molar-refractivity contribution in [1.82, 2.24) is 0 Å². The summed E-state index contributed by atoms with van der Waals surface area (Å²) in [6, 6.07) is 0. The van der Waals surface area contributed by atoms with Crippen LogP contribution in [0.3, 0.4) is 0 Å². The van der Waals surface area contributed by atoms with Crippen LogP contribution >= 0.6 is 0 Å². The van der Waals surface area contributed by atoms with Crippen LogP contribution in [0.2, 0.25) is 0 Å². The largest absolute Gasteiger partial charge is 0.481 e. The van der Waals surface area contributed by atoms with Crippen molar-refractivity contribution in [3.05, 3.63) is 0 Å². The molecular weight excluding hydrogens is 336 g/mol. The van der Waals surface area contributed by atoms with Gasteiger partial charge < -0.3 is 10.2 Å². The van der Waals surface area contributed by atoms with Gasteiger partial charge in [-0.1, -0.05) is 33.6 Å². The molecule has 0 aromatic carbocycles. The van der Waals surface area contributed by atoms with Crippen LogP contribution < -0.4 is 0 Å². The molecule has 0 spiro atoms. The Morgan fingerprint density at radius 2 is 1.85 bits per heavy atom. The molecule has 0 aromatic rings. The highest BCUT2D eigenvalue weighted by molar-refractivity contribution is 5.66. The van der Waals surface area contributed by atoms with E-state index in [4.69, 9.17) is 5.11 Å². The molecule has 0 bridgehead atoms. The number of aliphatic hydroxyl groups is 1. The number of aliphatic carboxylic acids is 1. The van der Waals surface area contributed by atoms with Gasteiger partial charge in [0.2, 0.25) is 0 Å². The third-order valence-electron chi connectivity index (χ3n) is 10.3. The predicted octanol–water partition coefficient (Wildman–Crippen LogP) is 5.51. The van der Waals surface area contributed by atoms with Crippen LogP contribution in [0.1, 0.15) is 91.4 Å². The van der Waals surface area contributed by atoms with Crippen molar-refractivity contribution >= 4 is 5.97 Å². The van der Waals surface area contributed by atoms with E-state index >= 15 is 0 Å². The Balaban J connectivity index is 1.57. The average Bonchev–Trinajstić information content (AvgIpc) is 2.99. The molecule has 4 aliphatic rings. The minimum atomic E-state index is -0.686. The second kappa shape index (κ2) is 7.04. The van der Waals surface area contributed by atoms with Gasteiger partial charge in [0, 0.05) is 6.42 Å². The zero-order chi connectivity index (χ0) is 19.4. The monoisotopic (exact) mass is 376 g/mol. The van der Waals surface area contributed by atoms with Gasteiger partial charge in [-0.2, -0.15) is 0 Å². The Hall–Kier alpha value is -0.570. The van der Waals surface area contributed by atoms with Crippen LogP contribution in [0, 0.1) is 46.3 Å². The van der Waals surface area contributed by atoms with Crippen LogP contribution in [-0.4, -0.2) is 22.3 Å². The molecule has 0 amide bonds. The highest BCUT2D eigenvalue weighted by Crippen LogP contribution is 2.68. The molecule has 9 atom stereocenters. The van der Waals surface area contributed by atoms with E-state index in [0.717, 1.165) is 24.7 Å². The first-order chi connectivity index (χ1) is 12.8. The van der Waals surface area contributed by atoms with Crippen molar-refractivity contribution in [3.8, 4) is 0 Å². The fourth-order valence-electron chi connectivity index (χ4n) is 8.77. The number of fused-ring (bicyclic) bond motifs is 5. The van der Waals surface area contributed by atoms with Gasteiger partial charge in [-0.05, 0) is 97.7 Å². The Labute approximate surface area is 165 Å². The van der Waals surface area contributed by atoms with E-state index in [0.29, 0.717) is 29.1 Å². The van der Waals surface area contributed by atoms with E-state index in [1.807, 2.05) is 0 Å². The normalized spacial score (nSPS) is 50.4. The van der Waals surface area contributed by atoms with Gasteiger partial charge in [0.05, 0.1) is 6.10 Å². The van der Waals surface area contributed by atoms with Crippen molar-refractivity contribution in [2.24, 2.45) is 46.3 Å². The smallest absolute Gasteiger partial charge is 0.303 e. The lowest BCUT2D eigenvalue weighted by Gasteiger charge is -2.62. The van der Waals surface area contributed by atoms with E-state index in [1.165, 1.54) is 51.4 Å². The quantitative estimate of drug-likeness (QED) is 0.680. The molecule has 4 saturated carbocycles. The van der Waals surface area contributed by atoms with Gasteiger partial charge in [-0.3, -0.25) is 4.79 Å². The van der Waals surface area contributed by atoms with Crippen molar-refractivity contribution in [2.45, 2.75) is 97.5 Å². The molecule has 0 saturated heterocycles. The summed E-state index contributed by atoms with van der Waals surface area (Å²) in [6.45, 7) is 7.16. The van der Waals surface area contributed by atoms with E-state index in [-0.39, 0.29) is 17.9 Å². The second-order valence-corrected chi connectivity index (χ2v) is 11.1. The average molecular weight is 377 g/mol. The van der Waals surface area contributed by atoms with Gasteiger partial charge >= 0.3 is 5.97 Å². The molecule has 5 unspecified atom stereocenters. The van der Waals surface area contributed by atoms with Crippen LogP contribution in [0.25, 0.3) is 0 Å². The number of hydrogen-bond acceptors (Lipinski definition) is 2. The van der Waals surface area contributed by atoms with E-state index < -0.39 is 5.97 Å². The molecule has 4 fully saturated rings. The molecule has 2 N–H and O–H groups in total. The fraction of sp³-hybridized carbons (Fsp3) is 0.958. The summed E-state index contributed by atoms with van der Waals surface area (Å²) >= 11 is 0. The molecule has 154 valence electrons. The number of carboxylic acids is 1. The van der Waals surface area contributed by atoms with Gasteiger partial charge in [-0.15, -0.1) is 0 Å². The Kier molecular flexibility index (Phi) is 5.15. The lowest BCUT2D eigenvalue weighted by atomic mass is 9.44. The Bertz CT molecular complexity index is 574. The van der Waals surface area contributed by atoms with Gasteiger partial charge in [-0.25, -0.2) is 0 Å². The van der Waals surface area contributed by atoms with Gasteiger partial charge in [0.25, 0.3) is 0 Å².